The van der Waals surface area contributed by atoms with Gasteiger partial charge >= 0.3 is 0 Å². The second kappa shape index (κ2) is 17.2. The first-order chi connectivity index (χ1) is 12.7. The molecule has 1 rings (SSSR count). The van der Waals surface area contributed by atoms with Crippen molar-refractivity contribution in [3.8, 4) is 0 Å². The summed E-state index contributed by atoms with van der Waals surface area (Å²) in [6.07, 6.45) is 0.934. The minimum Gasteiger partial charge on any atom is -0.382 e. The summed E-state index contributed by atoms with van der Waals surface area (Å²) in [5.41, 5.74) is 2.62. The molecule has 0 bridgehead atoms. The molecule has 6 nitrogen and oxygen atoms in total. The fourth-order valence-electron chi connectivity index (χ4n) is 2.58. The molecule has 0 unspecified atom stereocenters. The van der Waals surface area contributed by atoms with E-state index in [4.69, 9.17) is 9.47 Å². The first-order valence-electron chi connectivity index (χ1n) is 9.54. The van der Waals surface area contributed by atoms with Crippen LogP contribution in [0.25, 0.3) is 0 Å². The third-order valence-electron chi connectivity index (χ3n) is 4.17. The van der Waals surface area contributed by atoms with Crippen LogP contribution in [0.3, 0.4) is 0 Å². The Bertz CT molecular complexity index is 511. The summed E-state index contributed by atoms with van der Waals surface area (Å²) in [7, 11) is 3.47. The molecule has 27 heavy (non-hydrogen) atoms. The number of guanidine groups is 1. The zero-order chi connectivity index (χ0) is 19.0. The molecule has 0 saturated carbocycles. The van der Waals surface area contributed by atoms with Crippen LogP contribution in [0, 0.1) is 0 Å². The minimum absolute atomic E-state index is 0. The molecule has 0 atom stereocenters. The number of halogens is 1. The molecule has 0 radical (unpaired) electrons. The molecular formula is C20H37IN4O2. The Morgan fingerprint density at radius 1 is 1.07 bits per heavy atom. The Morgan fingerprint density at radius 3 is 2.48 bits per heavy atom. The van der Waals surface area contributed by atoms with E-state index in [-0.39, 0.29) is 24.0 Å². The maximum Gasteiger partial charge on any atom is 0.191 e. The minimum atomic E-state index is 0. The molecule has 0 aliphatic heterocycles. The van der Waals surface area contributed by atoms with Gasteiger partial charge in [0.15, 0.2) is 5.96 Å². The average Bonchev–Trinajstić information content (AvgIpc) is 2.68. The molecule has 1 aromatic carbocycles. The summed E-state index contributed by atoms with van der Waals surface area (Å²) in [5, 5.41) is 6.68. The van der Waals surface area contributed by atoms with Gasteiger partial charge < -0.3 is 20.1 Å². The van der Waals surface area contributed by atoms with Crippen LogP contribution in [0.5, 0.6) is 0 Å². The van der Waals surface area contributed by atoms with Crippen molar-refractivity contribution in [3.63, 3.8) is 0 Å². The van der Waals surface area contributed by atoms with E-state index in [1.165, 1.54) is 11.1 Å². The van der Waals surface area contributed by atoms with E-state index < -0.39 is 0 Å². The predicted octanol–water partition coefficient (Wildman–Crippen LogP) is 2.86. The van der Waals surface area contributed by atoms with Gasteiger partial charge in [0.1, 0.15) is 0 Å². The van der Waals surface area contributed by atoms with Crippen LogP contribution < -0.4 is 10.6 Å². The van der Waals surface area contributed by atoms with Gasteiger partial charge in [0.2, 0.25) is 0 Å². The van der Waals surface area contributed by atoms with Crippen LogP contribution in [0.2, 0.25) is 0 Å². The number of nitrogens with zero attached hydrogens (tertiary/aromatic N) is 2. The highest BCUT2D eigenvalue weighted by Gasteiger charge is 2.03. The van der Waals surface area contributed by atoms with Gasteiger partial charge in [0.05, 0.1) is 13.2 Å². The first-order valence-corrected chi connectivity index (χ1v) is 9.54. The van der Waals surface area contributed by atoms with E-state index in [1.54, 1.807) is 14.2 Å². The number of aliphatic imine (C=N–C) groups is 1. The largest absolute Gasteiger partial charge is 0.382 e. The van der Waals surface area contributed by atoms with Crippen molar-refractivity contribution in [2.75, 3.05) is 53.6 Å². The molecule has 1 aromatic rings. The second-order valence-electron chi connectivity index (χ2n) is 6.09. The smallest absolute Gasteiger partial charge is 0.191 e. The highest BCUT2D eigenvalue weighted by atomic mass is 127. The summed E-state index contributed by atoms with van der Waals surface area (Å²) in [6, 6.07) is 8.74. The lowest BCUT2D eigenvalue weighted by molar-refractivity contribution is 0.0698. The second-order valence-corrected chi connectivity index (χ2v) is 6.09. The summed E-state index contributed by atoms with van der Waals surface area (Å²) in [4.78, 5) is 6.69. The van der Waals surface area contributed by atoms with E-state index in [0.717, 1.165) is 51.7 Å². The van der Waals surface area contributed by atoms with Crippen molar-refractivity contribution < 1.29 is 9.47 Å². The van der Waals surface area contributed by atoms with Gasteiger partial charge in [-0.25, -0.2) is 0 Å². The van der Waals surface area contributed by atoms with Gasteiger partial charge in [-0.2, -0.15) is 0 Å². The number of methoxy groups -OCH3 is 1. The fraction of sp³-hybridized carbons (Fsp3) is 0.650. The number of hydrogen-bond donors (Lipinski definition) is 2. The van der Waals surface area contributed by atoms with Gasteiger partial charge in [-0.3, -0.25) is 9.89 Å². The average molecular weight is 492 g/mol. The van der Waals surface area contributed by atoms with E-state index in [9.17, 15) is 0 Å². The molecule has 2 N–H and O–H groups in total. The summed E-state index contributed by atoms with van der Waals surface area (Å²) >= 11 is 0. The monoisotopic (exact) mass is 492 g/mol. The van der Waals surface area contributed by atoms with E-state index in [2.05, 4.69) is 58.6 Å². The number of ether oxygens (including phenoxy) is 2. The molecule has 0 aromatic heterocycles. The molecule has 0 heterocycles. The molecule has 0 aliphatic carbocycles. The van der Waals surface area contributed by atoms with Crippen molar-refractivity contribution in [1.29, 1.82) is 0 Å². The maximum atomic E-state index is 5.45. The van der Waals surface area contributed by atoms with Crippen LogP contribution in [0.4, 0.5) is 0 Å². The quantitative estimate of drug-likeness (QED) is 0.192. The van der Waals surface area contributed by atoms with Crippen LogP contribution in [-0.2, 0) is 22.6 Å². The molecule has 7 heteroatoms. The molecule has 0 saturated heterocycles. The van der Waals surface area contributed by atoms with Gasteiger partial charge in [-0.15, -0.1) is 24.0 Å². The molecule has 0 spiro atoms. The standard InChI is InChI=1S/C20H36N4O2.HI/c1-5-24(6-2)17-19-10-7-9-18(15-19)16-23-20(21-3)22-11-8-12-26-14-13-25-4;/h7,9-10,15H,5-6,8,11-14,16-17H2,1-4H3,(H2,21,22,23);1H. The third-order valence-corrected chi connectivity index (χ3v) is 4.17. The molecule has 0 amide bonds. The number of benzene rings is 1. The van der Waals surface area contributed by atoms with Crippen LogP contribution in [-0.4, -0.2) is 64.5 Å². The van der Waals surface area contributed by atoms with Crippen molar-refractivity contribution in [1.82, 2.24) is 15.5 Å². The highest BCUT2D eigenvalue weighted by Crippen LogP contribution is 2.08. The lowest BCUT2D eigenvalue weighted by Gasteiger charge is -2.18. The van der Waals surface area contributed by atoms with Gasteiger partial charge in [0, 0.05) is 40.4 Å². The third kappa shape index (κ3) is 12.2. The maximum absolute atomic E-state index is 5.45. The Labute approximate surface area is 182 Å². The topological polar surface area (TPSA) is 58.1 Å². The number of rotatable bonds is 13. The summed E-state index contributed by atoms with van der Waals surface area (Å²) in [6.45, 7) is 11.1. The number of hydrogen-bond acceptors (Lipinski definition) is 4. The Morgan fingerprint density at radius 2 is 1.81 bits per heavy atom. The summed E-state index contributed by atoms with van der Waals surface area (Å²) < 4.78 is 10.4. The van der Waals surface area contributed by atoms with Gasteiger partial charge in [0.25, 0.3) is 0 Å². The zero-order valence-electron chi connectivity index (χ0n) is 17.3. The zero-order valence-corrected chi connectivity index (χ0v) is 19.6. The summed E-state index contributed by atoms with van der Waals surface area (Å²) in [5.74, 6) is 0.816. The van der Waals surface area contributed by atoms with Crippen molar-refractivity contribution in [2.45, 2.75) is 33.4 Å². The lowest BCUT2D eigenvalue weighted by atomic mass is 10.1. The molecule has 0 fully saturated rings. The Kier molecular flexibility index (Phi) is 16.6. The first kappa shape index (κ1) is 26.1. The lowest BCUT2D eigenvalue weighted by Crippen LogP contribution is -2.37. The van der Waals surface area contributed by atoms with E-state index >= 15 is 0 Å². The highest BCUT2D eigenvalue weighted by molar-refractivity contribution is 14.0. The van der Waals surface area contributed by atoms with Crippen LogP contribution in [0.1, 0.15) is 31.4 Å². The van der Waals surface area contributed by atoms with Gasteiger partial charge in [-0.1, -0.05) is 38.1 Å². The number of nitrogens with one attached hydrogen (secondary N) is 2. The van der Waals surface area contributed by atoms with Crippen LogP contribution >= 0.6 is 24.0 Å². The fourth-order valence-corrected chi connectivity index (χ4v) is 2.58. The van der Waals surface area contributed by atoms with Crippen molar-refractivity contribution in [3.05, 3.63) is 35.4 Å². The molecule has 156 valence electrons. The normalized spacial score (nSPS) is 11.4. The van der Waals surface area contributed by atoms with Crippen molar-refractivity contribution in [2.24, 2.45) is 4.99 Å². The molecule has 0 aliphatic rings. The Hall–Kier alpha value is -0.900. The van der Waals surface area contributed by atoms with E-state index in [0.29, 0.717) is 13.2 Å². The van der Waals surface area contributed by atoms with Crippen LogP contribution in [0.15, 0.2) is 29.3 Å². The SMILES string of the molecule is CCN(CC)Cc1cccc(CNC(=NC)NCCCOCCOC)c1.I. The van der Waals surface area contributed by atoms with Gasteiger partial charge in [-0.05, 0) is 30.6 Å². The van der Waals surface area contributed by atoms with E-state index in [1.807, 2.05) is 0 Å². The predicted molar refractivity (Wildman–Crippen MR) is 124 cm³/mol. The Balaban J connectivity index is 0.00000676. The molecular weight excluding hydrogens is 455 g/mol. The van der Waals surface area contributed by atoms with Crippen molar-refractivity contribution >= 4 is 29.9 Å².